The Morgan fingerprint density at radius 3 is 2.62 bits per heavy atom. The molecule has 1 aliphatic carbocycles. The maximum absolute atomic E-state index is 13.0. The van der Waals surface area contributed by atoms with Crippen LogP contribution < -0.4 is 10.6 Å². The molecule has 0 aromatic heterocycles. The number of nitrogens with one attached hydrogen (secondary N) is 2. The first kappa shape index (κ1) is 15.2. The molecule has 0 heterocycles. The fourth-order valence-corrected chi connectivity index (χ4v) is 2.41. The molecule has 1 aliphatic rings. The average molecular weight is 296 g/mol. The van der Waals surface area contributed by atoms with Gasteiger partial charge >= 0.3 is 12.0 Å². The fraction of sp³-hybridized carbons (Fsp3) is 0.429. The van der Waals surface area contributed by atoms with Crippen LogP contribution in [0, 0.1) is 5.82 Å². The van der Waals surface area contributed by atoms with Gasteiger partial charge in [-0.3, -0.25) is 0 Å². The smallest absolute Gasteiger partial charge is 0.337 e. The van der Waals surface area contributed by atoms with Gasteiger partial charge in [0.2, 0.25) is 0 Å². The van der Waals surface area contributed by atoms with Crippen molar-refractivity contribution in [2.45, 2.75) is 37.8 Å². The Morgan fingerprint density at radius 2 is 1.95 bits per heavy atom. The summed E-state index contributed by atoms with van der Waals surface area (Å²) in [5.41, 5.74) is -0.318. The van der Waals surface area contributed by atoms with Crippen molar-refractivity contribution >= 4 is 17.7 Å². The van der Waals surface area contributed by atoms with Gasteiger partial charge < -0.3 is 20.8 Å². The summed E-state index contributed by atoms with van der Waals surface area (Å²) in [5.74, 6) is -2.02. The number of carbonyl (C=O) groups excluding carboxylic acids is 1. The highest BCUT2D eigenvalue weighted by molar-refractivity contribution is 6.00. The molecule has 1 aromatic carbocycles. The molecule has 21 heavy (non-hydrogen) atoms. The first-order chi connectivity index (χ1) is 9.97. The van der Waals surface area contributed by atoms with Gasteiger partial charge in [-0.1, -0.05) is 12.8 Å². The number of halogens is 1. The number of aliphatic hydroxyl groups excluding tert-OH is 1. The van der Waals surface area contributed by atoms with Gasteiger partial charge in [-0.05, 0) is 31.0 Å². The quantitative estimate of drug-likeness (QED) is 0.685. The Hall–Kier alpha value is -2.15. The topological polar surface area (TPSA) is 98.7 Å². The summed E-state index contributed by atoms with van der Waals surface area (Å²) < 4.78 is 13.0. The Balaban J connectivity index is 2.04. The van der Waals surface area contributed by atoms with Gasteiger partial charge in [0.05, 0.1) is 23.4 Å². The van der Waals surface area contributed by atoms with E-state index in [2.05, 4.69) is 10.6 Å². The Bertz CT molecular complexity index is 550. The van der Waals surface area contributed by atoms with Crippen LogP contribution in [0.4, 0.5) is 14.9 Å². The zero-order valence-electron chi connectivity index (χ0n) is 11.3. The second kappa shape index (κ2) is 6.53. The molecule has 7 heteroatoms. The lowest BCUT2D eigenvalue weighted by atomic mass is 9.93. The summed E-state index contributed by atoms with van der Waals surface area (Å²) in [7, 11) is 0. The SMILES string of the molecule is O=C(Nc1ccc(F)cc1C(=O)O)NC1CCCCC1O. The van der Waals surface area contributed by atoms with E-state index in [1.165, 1.54) is 6.07 Å². The monoisotopic (exact) mass is 296 g/mol. The number of urea groups is 1. The van der Waals surface area contributed by atoms with Crippen LogP contribution in [-0.2, 0) is 0 Å². The summed E-state index contributed by atoms with van der Waals surface area (Å²) in [6.07, 6.45) is 2.53. The van der Waals surface area contributed by atoms with Gasteiger partial charge in [0.15, 0.2) is 0 Å². The van der Waals surface area contributed by atoms with Crippen molar-refractivity contribution in [3.63, 3.8) is 0 Å². The molecule has 4 N–H and O–H groups in total. The van der Waals surface area contributed by atoms with E-state index in [4.69, 9.17) is 5.11 Å². The first-order valence-corrected chi connectivity index (χ1v) is 6.76. The van der Waals surface area contributed by atoms with E-state index in [1.54, 1.807) is 0 Å². The Labute approximate surface area is 121 Å². The molecule has 1 saturated carbocycles. The largest absolute Gasteiger partial charge is 0.478 e. The van der Waals surface area contributed by atoms with Crippen LogP contribution in [0.2, 0.25) is 0 Å². The predicted octanol–water partition coefficient (Wildman–Crippen LogP) is 1.95. The molecule has 2 amide bonds. The van der Waals surface area contributed by atoms with Crippen molar-refractivity contribution in [2.24, 2.45) is 0 Å². The van der Waals surface area contributed by atoms with E-state index in [1.807, 2.05) is 0 Å². The molecule has 2 rings (SSSR count). The number of benzene rings is 1. The lowest BCUT2D eigenvalue weighted by Crippen LogP contribution is -2.46. The van der Waals surface area contributed by atoms with E-state index < -0.39 is 23.9 Å². The molecule has 6 nitrogen and oxygen atoms in total. The van der Waals surface area contributed by atoms with E-state index >= 15 is 0 Å². The molecule has 2 atom stereocenters. The van der Waals surface area contributed by atoms with E-state index in [0.717, 1.165) is 25.0 Å². The molecule has 1 fully saturated rings. The number of hydrogen-bond acceptors (Lipinski definition) is 3. The van der Waals surface area contributed by atoms with Crippen molar-refractivity contribution in [3.05, 3.63) is 29.6 Å². The van der Waals surface area contributed by atoms with Crippen molar-refractivity contribution in [3.8, 4) is 0 Å². The van der Waals surface area contributed by atoms with Crippen LogP contribution in [0.3, 0.4) is 0 Å². The lowest BCUT2D eigenvalue weighted by Gasteiger charge is -2.28. The van der Waals surface area contributed by atoms with Crippen molar-refractivity contribution in [1.82, 2.24) is 5.32 Å². The zero-order chi connectivity index (χ0) is 15.4. The number of carbonyl (C=O) groups is 2. The minimum absolute atomic E-state index is 0.00620. The molecule has 2 unspecified atom stereocenters. The number of aromatic carboxylic acids is 1. The number of rotatable bonds is 3. The highest BCUT2D eigenvalue weighted by atomic mass is 19.1. The summed E-state index contributed by atoms with van der Waals surface area (Å²) in [6.45, 7) is 0. The molecular formula is C14H17FN2O4. The van der Waals surface area contributed by atoms with Crippen LogP contribution in [0.1, 0.15) is 36.0 Å². The summed E-state index contributed by atoms with van der Waals surface area (Å²) in [5, 5.41) is 23.8. The number of hydrogen-bond donors (Lipinski definition) is 4. The van der Waals surface area contributed by atoms with Crippen LogP contribution in [-0.4, -0.2) is 34.4 Å². The number of anilines is 1. The number of amides is 2. The molecule has 0 bridgehead atoms. The van der Waals surface area contributed by atoms with E-state index in [9.17, 15) is 19.1 Å². The lowest BCUT2D eigenvalue weighted by molar-refractivity contribution is 0.0697. The third-order valence-corrected chi connectivity index (χ3v) is 3.51. The molecule has 114 valence electrons. The molecule has 0 saturated heterocycles. The van der Waals surface area contributed by atoms with Crippen LogP contribution in [0.5, 0.6) is 0 Å². The van der Waals surface area contributed by atoms with Gasteiger partial charge in [-0.15, -0.1) is 0 Å². The van der Waals surface area contributed by atoms with E-state index in [0.29, 0.717) is 12.8 Å². The maximum atomic E-state index is 13.0. The standard InChI is InChI=1S/C14H17FN2O4/c15-8-5-6-10(9(7-8)13(19)20)16-14(21)17-11-3-1-2-4-12(11)18/h5-7,11-12,18H,1-4H2,(H,19,20)(H2,16,17,21). The highest BCUT2D eigenvalue weighted by Gasteiger charge is 2.25. The molecule has 0 radical (unpaired) electrons. The second-order valence-electron chi connectivity index (χ2n) is 5.05. The minimum atomic E-state index is -1.33. The van der Waals surface area contributed by atoms with Gasteiger partial charge in [-0.2, -0.15) is 0 Å². The minimum Gasteiger partial charge on any atom is -0.478 e. The van der Waals surface area contributed by atoms with Crippen molar-refractivity contribution < 1.29 is 24.2 Å². The van der Waals surface area contributed by atoms with Crippen molar-refractivity contribution in [2.75, 3.05) is 5.32 Å². The Morgan fingerprint density at radius 1 is 1.24 bits per heavy atom. The summed E-state index contributed by atoms with van der Waals surface area (Å²) in [6, 6.07) is 2.13. The molecular weight excluding hydrogens is 279 g/mol. The third-order valence-electron chi connectivity index (χ3n) is 3.51. The maximum Gasteiger partial charge on any atom is 0.337 e. The van der Waals surface area contributed by atoms with Crippen LogP contribution >= 0.6 is 0 Å². The summed E-state index contributed by atoms with van der Waals surface area (Å²) in [4.78, 5) is 22.9. The highest BCUT2D eigenvalue weighted by Crippen LogP contribution is 2.20. The van der Waals surface area contributed by atoms with Crippen LogP contribution in [0.15, 0.2) is 18.2 Å². The predicted molar refractivity (Wildman–Crippen MR) is 73.8 cm³/mol. The summed E-state index contributed by atoms with van der Waals surface area (Å²) >= 11 is 0. The number of carboxylic acid groups (broad SMARTS) is 1. The van der Waals surface area contributed by atoms with Crippen molar-refractivity contribution in [1.29, 1.82) is 0 Å². The van der Waals surface area contributed by atoms with Crippen LogP contribution in [0.25, 0.3) is 0 Å². The molecule has 0 aliphatic heterocycles. The van der Waals surface area contributed by atoms with Gasteiger partial charge in [0.25, 0.3) is 0 Å². The van der Waals surface area contributed by atoms with E-state index in [-0.39, 0.29) is 17.3 Å². The zero-order valence-corrected chi connectivity index (χ0v) is 11.3. The van der Waals surface area contributed by atoms with Gasteiger partial charge in [0.1, 0.15) is 5.82 Å². The van der Waals surface area contributed by atoms with Gasteiger partial charge in [-0.25, -0.2) is 14.0 Å². The first-order valence-electron chi connectivity index (χ1n) is 6.76. The van der Waals surface area contributed by atoms with Gasteiger partial charge in [0, 0.05) is 0 Å². The number of carboxylic acids is 1. The number of aliphatic hydroxyl groups is 1. The third kappa shape index (κ3) is 3.91. The molecule has 1 aromatic rings. The normalized spacial score (nSPS) is 21.6. The molecule has 0 spiro atoms. The average Bonchev–Trinajstić information content (AvgIpc) is 2.43. The Kier molecular flexibility index (Phi) is 4.74. The fourth-order valence-electron chi connectivity index (χ4n) is 2.41. The second-order valence-corrected chi connectivity index (χ2v) is 5.05.